The van der Waals surface area contributed by atoms with Crippen molar-refractivity contribution in [1.82, 2.24) is 10.2 Å². The zero-order valence-corrected chi connectivity index (χ0v) is 19.5. The third kappa shape index (κ3) is 5.65. The molecule has 0 aromatic heterocycles. The fourth-order valence-electron chi connectivity index (χ4n) is 4.37. The van der Waals surface area contributed by atoms with Gasteiger partial charge in [-0.15, -0.1) is 24.8 Å². The predicted molar refractivity (Wildman–Crippen MR) is 123 cm³/mol. The summed E-state index contributed by atoms with van der Waals surface area (Å²) >= 11 is 0. The van der Waals surface area contributed by atoms with Gasteiger partial charge in [-0.3, -0.25) is 4.79 Å². The van der Waals surface area contributed by atoms with Crippen molar-refractivity contribution in [1.29, 1.82) is 0 Å². The lowest BCUT2D eigenvalue weighted by Crippen LogP contribution is -2.76. The molecule has 2 atom stereocenters. The van der Waals surface area contributed by atoms with Crippen LogP contribution in [0.15, 0.2) is 30.3 Å². The molecule has 3 N–H and O–H groups in total. The second-order valence-electron chi connectivity index (χ2n) is 8.67. The lowest BCUT2D eigenvalue weighted by atomic mass is 9.54. The summed E-state index contributed by atoms with van der Waals surface area (Å²) in [5.74, 6) is -0.00816. The fourth-order valence-corrected chi connectivity index (χ4v) is 4.37. The Morgan fingerprint density at radius 1 is 1.21 bits per heavy atom. The Morgan fingerprint density at radius 3 is 2.38 bits per heavy atom. The van der Waals surface area contributed by atoms with Gasteiger partial charge in [0.2, 0.25) is 5.91 Å². The molecule has 1 amide bonds. The zero-order valence-electron chi connectivity index (χ0n) is 17.9. The topological polar surface area (TPSA) is 67.6 Å². The van der Waals surface area contributed by atoms with Gasteiger partial charge >= 0.3 is 0 Å². The van der Waals surface area contributed by atoms with Crippen LogP contribution in [0.25, 0.3) is 0 Å². The van der Waals surface area contributed by atoms with Gasteiger partial charge in [0.25, 0.3) is 0 Å². The number of carbonyl (C=O) groups excluding carboxylic acids is 1. The Labute approximate surface area is 187 Å². The van der Waals surface area contributed by atoms with E-state index < -0.39 is 5.54 Å². The van der Waals surface area contributed by atoms with E-state index in [2.05, 4.69) is 40.5 Å². The smallest absolute Gasteiger partial charge is 0.241 e. The van der Waals surface area contributed by atoms with Crippen molar-refractivity contribution >= 4 is 30.7 Å². The van der Waals surface area contributed by atoms with Gasteiger partial charge in [0.15, 0.2) is 0 Å². The average molecular weight is 446 g/mol. The minimum atomic E-state index is -0.822. The van der Waals surface area contributed by atoms with Crippen LogP contribution in [0.2, 0.25) is 0 Å². The molecule has 1 saturated heterocycles. The van der Waals surface area contributed by atoms with E-state index in [4.69, 9.17) is 10.5 Å². The van der Waals surface area contributed by atoms with Crippen molar-refractivity contribution in [3.63, 3.8) is 0 Å². The summed E-state index contributed by atoms with van der Waals surface area (Å²) in [7, 11) is 0. The van der Waals surface area contributed by atoms with Crippen LogP contribution in [-0.4, -0.2) is 54.7 Å². The molecule has 3 rings (SSSR count). The Morgan fingerprint density at radius 2 is 1.83 bits per heavy atom. The molecule has 2 unspecified atom stereocenters. The number of nitrogens with two attached hydrogens (primary N) is 1. The van der Waals surface area contributed by atoms with Crippen LogP contribution in [0.5, 0.6) is 0 Å². The van der Waals surface area contributed by atoms with Crippen molar-refractivity contribution in [2.45, 2.75) is 64.1 Å². The molecular weight excluding hydrogens is 409 g/mol. The van der Waals surface area contributed by atoms with Gasteiger partial charge in [-0.25, -0.2) is 0 Å². The van der Waals surface area contributed by atoms with Crippen molar-refractivity contribution < 1.29 is 9.53 Å². The summed E-state index contributed by atoms with van der Waals surface area (Å²) in [6, 6.07) is 10.8. The van der Waals surface area contributed by atoms with Crippen LogP contribution in [0.4, 0.5) is 0 Å². The van der Waals surface area contributed by atoms with Gasteiger partial charge in [-0.05, 0) is 31.7 Å². The molecule has 166 valence electrons. The zero-order chi connectivity index (χ0) is 19.5. The molecule has 5 nitrogen and oxygen atoms in total. The molecule has 1 aromatic rings. The van der Waals surface area contributed by atoms with E-state index in [-0.39, 0.29) is 48.3 Å². The summed E-state index contributed by atoms with van der Waals surface area (Å²) in [6.07, 6.45) is 3.74. The lowest BCUT2D eigenvalue weighted by molar-refractivity contribution is -0.171. The second kappa shape index (κ2) is 11.0. The number of hydrogen-bond acceptors (Lipinski definition) is 4. The molecule has 2 aliphatic rings. The molecule has 1 saturated carbocycles. The number of amides is 1. The molecule has 1 aliphatic heterocycles. The van der Waals surface area contributed by atoms with E-state index in [1.165, 1.54) is 5.56 Å². The largest absolute Gasteiger partial charge is 0.378 e. The third-order valence-electron chi connectivity index (χ3n) is 6.72. The van der Waals surface area contributed by atoms with Crippen molar-refractivity contribution in [2.75, 3.05) is 26.2 Å². The van der Waals surface area contributed by atoms with Crippen LogP contribution in [-0.2, 0) is 16.0 Å². The van der Waals surface area contributed by atoms with Crippen LogP contribution >= 0.6 is 24.8 Å². The third-order valence-corrected chi connectivity index (χ3v) is 6.72. The van der Waals surface area contributed by atoms with Gasteiger partial charge in [-0.1, -0.05) is 44.2 Å². The first-order valence-electron chi connectivity index (χ1n) is 10.3. The maximum Gasteiger partial charge on any atom is 0.241 e. The average Bonchev–Trinajstić information content (AvgIpc) is 2.68. The summed E-state index contributed by atoms with van der Waals surface area (Å²) in [4.78, 5) is 15.4. The van der Waals surface area contributed by atoms with Gasteiger partial charge in [0.1, 0.15) is 5.54 Å². The van der Waals surface area contributed by atoms with Gasteiger partial charge in [-0.2, -0.15) is 0 Å². The first kappa shape index (κ1) is 26.2. The molecule has 0 radical (unpaired) electrons. The van der Waals surface area contributed by atoms with E-state index in [0.29, 0.717) is 13.0 Å². The number of halogens is 2. The number of likely N-dealkylation sites (tertiary alicyclic amines) is 1. The number of carbonyl (C=O) groups is 1. The van der Waals surface area contributed by atoms with E-state index in [1.54, 1.807) is 0 Å². The Bertz CT molecular complexity index is 636. The number of nitrogens with one attached hydrogen (secondary N) is 1. The van der Waals surface area contributed by atoms with E-state index >= 15 is 0 Å². The highest BCUT2D eigenvalue weighted by Gasteiger charge is 2.63. The van der Waals surface area contributed by atoms with Crippen molar-refractivity contribution in [3.8, 4) is 0 Å². The number of piperidine rings is 1. The summed E-state index contributed by atoms with van der Waals surface area (Å²) in [6.45, 7) is 9.87. The monoisotopic (exact) mass is 445 g/mol. The number of hydrogen-bond donors (Lipinski definition) is 2. The highest BCUT2D eigenvalue weighted by atomic mass is 35.5. The number of nitrogens with zero attached hydrogens (tertiary/aromatic N) is 1. The standard InChI is InChI=1S/C22H35N3O2.2ClH/c1-4-27-19-16-22(23,21(19,2)3)20(26)24-18-11-14-25(15-12-18)13-10-17-8-6-5-7-9-17;;/h5-9,18-19H,4,10-16,23H2,1-3H3,(H,24,26);2*1H. The molecule has 1 aromatic carbocycles. The number of ether oxygens (including phenoxy) is 1. The van der Waals surface area contributed by atoms with Gasteiger partial charge < -0.3 is 20.7 Å². The van der Waals surface area contributed by atoms with Crippen LogP contribution < -0.4 is 11.1 Å². The molecule has 0 bridgehead atoms. The van der Waals surface area contributed by atoms with Gasteiger partial charge in [0.05, 0.1) is 6.10 Å². The first-order valence-corrected chi connectivity index (χ1v) is 10.3. The summed E-state index contributed by atoms with van der Waals surface area (Å²) in [5.41, 5.74) is 6.73. The highest BCUT2D eigenvalue weighted by molar-refractivity contribution is 5.89. The summed E-state index contributed by atoms with van der Waals surface area (Å²) in [5, 5.41) is 3.23. The Balaban J connectivity index is 0.00000210. The van der Waals surface area contributed by atoms with E-state index in [9.17, 15) is 4.79 Å². The molecule has 1 heterocycles. The molecule has 7 heteroatoms. The van der Waals surface area contributed by atoms with Crippen molar-refractivity contribution in [3.05, 3.63) is 35.9 Å². The summed E-state index contributed by atoms with van der Waals surface area (Å²) < 4.78 is 5.74. The minimum Gasteiger partial charge on any atom is -0.378 e. The van der Waals surface area contributed by atoms with Gasteiger partial charge in [0, 0.05) is 44.1 Å². The maximum atomic E-state index is 12.9. The van der Waals surface area contributed by atoms with Crippen molar-refractivity contribution in [2.24, 2.45) is 11.1 Å². The van der Waals surface area contributed by atoms with Crippen LogP contribution in [0, 0.1) is 5.41 Å². The molecule has 2 fully saturated rings. The molecular formula is C22H37Cl2N3O2. The number of benzene rings is 1. The minimum absolute atomic E-state index is 0. The van der Waals surface area contributed by atoms with E-state index in [1.807, 2.05) is 20.8 Å². The lowest BCUT2D eigenvalue weighted by Gasteiger charge is -2.57. The Hall–Kier alpha value is -0.850. The molecule has 1 aliphatic carbocycles. The quantitative estimate of drug-likeness (QED) is 0.675. The SMILES string of the molecule is CCOC1CC(N)(C(=O)NC2CCN(CCc3ccccc3)CC2)C1(C)C.Cl.Cl. The van der Waals surface area contributed by atoms with E-state index in [0.717, 1.165) is 38.9 Å². The first-order chi connectivity index (χ1) is 12.9. The van der Waals surface area contributed by atoms with Crippen LogP contribution in [0.1, 0.15) is 45.6 Å². The second-order valence-corrected chi connectivity index (χ2v) is 8.67. The molecule has 0 spiro atoms. The Kier molecular flexibility index (Phi) is 9.90. The normalized spacial score (nSPS) is 26.6. The highest BCUT2D eigenvalue weighted by Crippen LogP contribution is 2.49. The number of rotatable bonds is 7. The maximum absolute atomic E-state index is 12.9. The predicted octanol–water partition coefficient (Wildman–Crippen LogP) is 3.19. The fraction of sp³-hybridized carbons (Fsp3) is 0.682. The van der Waals surface area contributed by atoms with Crippen LogP contribution in [0.3, 0.4) is 0 Å². The molecule has 29 heavy (non-hydrogen) atoms.